The van der Waals surface area contributed by atoms with Crippen LogP contribution >= 0.6 is 0 Å². The molecule has 0 atom stereocenters. The Balaban J connectivity index is 1.32. The third-order valence-corrected chi connectivity index (χ3v) is 6.16. The lowest BCUT2D eigenvalue weighted by molar-refractivity contribution is 0.0947. The molecule has 2 heterocycles. The number of hydrogen-bond acceptors (Lipinski definition) is 5. The molecule has 4 rings (SSSR count). The lowest BCUT2D eigenvalue weighted by atomic mass is 9.94. The van der Waals surface area contributed by atoms with Crippen molar-refractivity contribution >= 4 is 11.7 Å². The van der Waals surface area contributed by atoms with Gasteiger partial charge in [0.15, 0.2) is 5.78 Å². The van der Waals surface area contributed by atoms with Crippen LogP contribution in [0.3, 0.4) is 0 Å². The number of nitrogens with one attached hydrogen (secondary N) is 1. The van der Waals surface area contributed by atoms with Crippen molar-refractivity contribution < 1.29 is 9.59 Å². The van der Waals surface area contributed by atoms with Gasteiger partial charge < -0.3 is 15.1 Å². The fraction of sp³-hybridized carbons (Fsp3) is 0.522. The number of rotatable bonds is 6. The van der Waals surface area contributed by atoms with Crippen LogP contribution in [0, 0.1) is 6.92 Å². The van der Waals surface area contributed by atoms with Crippen LogP contribution in [0.5, 0.6) is 0 Å². The summed E-state index contributed by atoms with van der Waals surface area (Å²) >= 11 is 0. The molecule has 160 valence electrons. The van der Waals surface area contributed by atoms with Crippen molar-refractivity contribution in [3.8, 4) is 5.69 Å². The third-order valence-electron chi connectivity index (χ3n) is 6.16. The number of benzene rings is 1. The van der Waals surface area contributed by atoms with Crippen LogP contribution in [0.2, 0.25) is 0 Å². The zero-order valence-corrected chi connectivity index (χ0v) is 18.0. The van der Waals surface area contributed by atoms with Crippen LogP contribution in [-0.2, 0) is 6.42 Å². The number of carbonyl (C=O) groups is 2. The Labute approximate surface area is 178 Å². The SMILES string of the molecule is Cc1nn(-c2ccc(C(=O)NCCCN3CCN(C)CC3)cc2)c2c1C(=O)CCC2. The molecule has 1 saturated heterocycles. The summed E-state index contributed by atoms with van der Waals surface area (Å²) < 4.78 is 1.86. The summed E-state index contributed by atoms with van der Waals surface area (Å²) in [5, 5.41) is 7.61. The van der Waals surface area contributed by atoms with Gasteiger partial charge in [-0.25, -0.2) is 4.68 Å². The van der Waals surface area contributed by atoms with Gasteiger partial charge in [-0.3, -0.25) is 9.59 Å². The summed E-state index contributed by atoms with van der Waals surface area (Å²) in [5.74, 6) is 0.140. The van der Waals surface area contributed by atoms with E-state index in [1.165, 1.54) is 0 Å². The highest BCUT2D eigenvalue weighted by atomic mass is 16.1. The number of carbonyl (C=O) groups excluding carboxylic acids is 2. The van der Waals surface area contributed by atoms with E-state index < -0.39 is 0 Å². The van der Waals surface area contributed by atoms with Crippen LogP contribution in [-0.4, -0.2) is 77.6 Å². The second-order valence-electron chi connectivity index (χ2n) is 8.40. The van der Waals surface area contributed by atoms with Gasteiger partial charge in [0.25, 0.3) is 5.91 Å². The maximum atomic E-state index is 12.5. The first-order chi connectivity index (χ1) is 14.5. The summed E-state index contributed by atoms with van der Waals surface area (Å²) in [7, 11) is 2.16. The second kappa shape index (κ2) is 9.10. The fourth-order valence-electron chi connectivity index (χ4n) is 4.36. The molecule has 1 aliphatic heterocycles. The van der Waals surface area contributed by atoms with E-state index in [1.807, 2.05) is 35.9 Å². The van der Waals surface area contributed by atoms with Gasteiger partial charge in [0, 0.05) is 44.7 Å². The third kappa shape index (κ3) is 4.47. The van der Waals surface area contributed by atoms with E-state index in [0.717, 1.165) is 74.6 Å². The highest BCUT2D eigenvalue weighted by Gasteiger charge is 2.25. The van der Waals surface area contributed by atoms with Gasteiger partial charge in [0.2, 0.25) is 0 Å². The molecule has 0 saturated carbocycles. The van der Waals surface area contributed by atoms with Crippen molar-refractivity contribution in [2.45, 2.75) is 32.6 Å². The van der Waals surface area contributed by atoms with E-state index in [4.69, 9.17) is 0 Å². The van der Waals surface area contributed by atoms with E-state index >= 15 is 0 Å². The minimum absolute atomic E-state index is 0.0474. The quantitative estimate of drug-likeness (QED) is 0.740. The predicted molar refractivity (Wildman–Crippen MR) is 116 cm³/mol. The van der Waals surface area contributed by atoms with Gasteiger partial charge in [0.1, 0.15) is 0 Å². The van der Waals surface area contributed by atoms with Gasteiger partial charge in [-0.05, 0) is 64.0 Å². The lowest BCUT2D eigenvalue weighted by Gasteiger charge is -2.32. The Morgan fingerprint density at radius 1 is 1.10 bits per heavy atom. The highest BCUT2D eigenvalue weighted by Crippen LogP contribution is 2.26. The summed E-state index contributed by atoms with van der Waals surface area (Å²) in [4.78, 5) is 29.5. The molecule has 1 N–H and O–H groups in total. The minimum Gasteiger partial charge on any atom is -0.352 e. The zero-order valence-electron chi connectivity index (χ0n) is 18.0. The summed E-state index contributed by atoms with van der Waals surface area (Å²) in [6.07, 6.45) is 3.29. The average Bonchev–Trinajstić information content (AvgIpc) is 3.10. The minimum atomic E-state index is -0.0474. The smallest absolute Gasteiger partial charge is 0.251 e. The first-order valence-electron chi connectivity index (χ1n) is 10.9. The summed E-state index contributed by atoms with van der Waals surface area (Å²) in [5.41, 5.74) is 4.10. The van der Waals surface area contributed by atoms with Crippen LogP contribution in [0.25, 0.3) is 5.69 Å². The van der Waals surface area contributed by atoms with Crippen molar-refractivity contribution in [2.75, 3.05) is 46.3 Å². The number of amides is 1. The molecule has 1 aromatic heterocycles. The molecule has 0 spiro atoms. The standard InChI is InChI=1S/C23H31N5O2/c1-17-22-20(5-3-6-21(22)29)28(25-17)19-9-7-18(8-10-19)23(30)24-11-4-12-27-15-13-26(2)14-16-27/h7-10H,3-6,11-16H2,1-2H3,(H,24,30). The number of piperazine rings is 1. The van der Waals surface area contributed by atoms with Gasteiger partial charge in [-0.15, -0.1) is 0 Å². The van der Waals surface area contributed by atoms with Crippen LogP contribution in [0.4, 0.5) is 0 Å². The topological polar surface area (TPSA) is 70.5 Å². The number of Topliss-reactive ketones (excluding diaryl/α,β-unsaturated/α-hetero) is 1. The molecule has 1 aromatic carbocycles. The second-order valence-corrected chi connectivity index (χ2v) is 8.40. The van der Waals surface area contributed by atoms with Crippen molar-refractivity contribution in [3.63, 3.8) is 0 Å². The number of nitrogens with zero attached hydrogens (tertiary/aromatic N) is 4. The molecule has 1 aliphatic carbocycles. The Morgan fingerprint density at radius 3 is 2.57 bits per heavy atom. The Kier molecular flexibility index (Phi) is 6.29. The maximum absolute atomic E-state index is 12.5. The molecule has 0 unspecified atom stereocenters. The first kappa shape index (κ1) is 20.8. The molecule has 1 fully saturated rings. The van der Waals surface area contributed by atoms with Gasteiger partial charge >= 0.3 is 0 Å². The molecule has 1 amide bonds. The Morgan fingerprint density at radius 2 is 1.83 bits per heavy atom. The number of aromatic nitrogens is 2. The zero-order chi connectivity index (χ0) is 21.1. The van der Waals surface area contributed by atoms with Gasteiger partial charge in [-0.1, -0.05) is 0 Å². The predicted octanol–water partition coefficient (Wildman–Crippen LogP) is 2.07. The number of aryl methyl sites for hydroxylation is 1. The van der Waals surface area contributed by atoms with Gasteiger partial charge in [-0.2, -0.15) is 5.10 Å². The molecule has 2 aliphatic rings. The lowest BCUT2D eigenvalue weighted by Crippen LogP contribution is -2.45. The maximum Gasteiger partial charge on any atom is 0.251 e. The molecule has 7 heteroatoms. The summed E-state index contributed by atoms with van der Waals surface area (Å²) in [6.45, 7) is 8.04. The molecule has 2 aromatic rings. The van der Waals surface area contributed by atoms with E-state index in [1.54, 1.807) is 0 Å². The Hall–Kier alpha value is -2.51. The molecule has 30 heavy (non-hydrogen) atoms. The molecule has 0 bridgehead atoms. The van der Waals surface area contributed by atoms with Crippen LogP contribution < -0.4 is 5.32 Å². The number of fused-ring (bicyclic) bond motifs is 1. The largest absolute Gasteiger partial charge is 0.352 e. The molecular weight excluding hydrogens is 378 g/mol. The summed E-state index contributed by atoms with van der Waals surface area (Å²) in [6, 6.07) is 7.48. The van der Waals surface area contributed by atoms with Crippen molar-refractivity contribution in [2.24, 2.45) is 0 Å². The van der Waals surface area contributed by atoms with Crippen molar-refractivity contribution in [1.29, 1.82) is 0 Å². The Bertz CT molecular complexity index is 910. The van der Waals surface area contributed by atoms with Crippen LogP contribution in [0.1, 0.15) is 51.4 Å². The molecular formula is C23H31N5O2. The van der Waals surface area contributed by atoms with Crippen LogP contribution in [0.15, 0.2) is 24.3 Å². The van der Waals surface area contributed by atoms with Crippen molar-refractivity contribution in [1.82, 2.24) is 24.9 Å². The fourth-order valence-corrected chi connectivity index (χ4v) is 4.36. The molecule has 7 nitrogen and oxygen atoms in total. The van der Waals surface area contributed by atoms with Gasteiger partial charge in [0.05, 0.1) is 22.6 Å². The molecule has 0 radical (unpaired) electrons. The highest BCUT2D eigenvalue weighted by molar-refractivity contribution is 5.99. The normalized spacial score (nSPS) is 17.7. The van der Waals surface area contributed by atoms with Crippen molar-refractivity contribution in [3.05, 3.63) is 46.8 Å². The number of hydrogen-bond donors (Lipinski definition) is 1. The van der Waals surface area contributed by atoms with E-state index in [-0.39, 0.29) is 11.7 Å². The first-order valence-corrected chi connectivity index (χ1v) is 10.9. The van der Waals surface area contributed by atoms with E-state index in [0.29, 0.717) is 18.5 Å². The van der Waals surface area contributed by atoms with E-state index in [2.05, 4.69) is 27.3 Å². The number of ketones is 1. The van der Waals surface area contributed by atoms with E-state index in [9.17, 15) is 9.59 Å². The monoisotopic (exact) mass is 409 g/mol. The number of likely N-dealkylation sites (N-methyl/N-ethyl adjacent to an activating group) is 1. The average molecular weight is 410 g/mol.